The van der Waals surface area contributed by atoms with E-state index in [0.29, 0.717) is 21.7 Å². The van der Waals surface area contributed by atoms with Crippen LogP contribution < -0.4 is 5.56 Å². The molecule has 0 radical (unpaired) electrons. The first-order chi connectivity index (χ1) is 11.1. The van der Waals surface area contributed by atoms with Gasteiger partial charge in [0.15, 0.2) is 0 Å². The van der Waals surface area contributed by atoms with Crippen LogP contribution in [0.5, 0.6) is 0 Å². The highest BCUT2D eigenvalue weighted by Crippen LogP contribution is 2.19. The van der Waals surface area contributed by atoms with E-state index in [1.54, 1.807) is 19.9 Å². The standard InChI is InChI=1S/C16H18F3N3O2/c1-4-7-22(9-16(17,18)19)14(23)6-5-12-10(2)13(8-20)15(24)21-11(12)3/h4H,1,5-7,9H2,2-3H3,(H,21,24). The van der Waals surface area contributed by atoms with Crippen LogP contribution in [0.25, 0.3) is 0 Å². The molecule has 0 saturated carbocycles. The Hall–Kier alpha value is -2.56. The van der Waals surface area contributed by atoms with Gasteiger partial charge in [-0.25, -0.2) is 0 Å². The zero-order valence-electron chi connectivity index (χ0n) is 13.5. The summed E-state index contributed by atoms with van der Waals surface area (Å²) in [7, 11) is 0. The Labute approximate surface area is 137 Å². The lowest BCUT2D eigenvalue weighted by Crippen LogP contribution is -2.39. The predicted octanol–water partition coefficient (Wildman–Crippen LogP) is 2.37. The molecule has 130 valence electrons. The minimum absolute atomic E-state index is 0.0544. The number of rotatable bonds is 6. The van der Waals surface area contributed by atoms with E-state index >= 15 is 0 Å². The van der Waals surface area contributed by atoms with E-state index in [9.17, 15) is 22.8 Å². The number of carbonyl (C=O) groups is 1. The third kappa shape index (κ3) is 4.98. The lowest BCUT2D eigenvalue weighted by molar-refractivity contribution is -0.160. The average molecular weight is 341 g/mol. The zero-order valence-corrected chi connectivity index (χ0v) is 13.5. The molecule has 24 heavy (non-hydrogen) atoms. The fourth-order valence-corrected chi connectivity index (χ4v) is 2.44. The molecule has 0 spiro atoms. The lowest BCUT2D eigenvalue weighted by atomic mass is 9.99. The number of aryl methyl sites for hydroxylation is 1. The summed E-state index contributed by atoms with van der Waals surface area (Å²) < 4.78 is 37.6. The van der Waals surface area contributed by atoms with Gasteiger partial charge in [-0.05, 0) is 31.4 Å². The van der Waals surface area contributed by atoms with Crippen molar-refractivity contribution in [3.63, 3.8) is 0 Å². The molecule has 5 nitrogen and oxygen atoms in total. The second kappa shape index (κ2) is 7.81. The summed E-state index contributed by atoms with van der Waals surface area (Å²) >= 11 is 0. The first kappa shape index (κ1) is 19.5. The van der Waals surface area contributed by atoms with Crippen molar-refractivity contribution in [1.82, 2.24) is 9.88 Å². The molecule has 1 aromatic heterocycles. The van der Waals surface area contributed by atoms with Crippen molar-refractivity contribution in [2.75, 3.05) is 13.1 Å². The van der Waals surface area contributed by atoms with Crippen LogP contribution in [0, 0.1) is 25.2 Å². The number of H-pyrrole nitrogens is 1. The van der Waals surface area contributed by atoms with Gasteiger partial charge in [-0.2, -0.15) is 18.4 Å². The number of aromatic amines is 1. The smallest absolute Gasteiger partial charge is 0.330 e. The maximum atomic E-state index is 12.5. The molecule has 1 amide bonds. The van der Waals surface area contributed by atoms with E-state index in [-0.39, 0.29) is 24.9 Å². The van der Waals surface area contributed by atoms with E-state index in [1.807, 2.05) is 0 Å². The molecule has 1 N–H and O–H groups in total. The van der Waals surface area contributed by atoms with Gasteiger partial charge in [-0.15, -0.1) is 6.58 Å². The molecule has 0 aliphatic carbocycles. The first-order valence-electron chi connectivity index (χ1n) is 7.18. The van der Waals surface area contributed by atoms with Crippen LogP contribution in [-0.4, -0.2) is 35.1 Å². The van der Waals surface area contributed by atoms with Crippen LogP contribution in [0.2, 0.25) is 0 Å². The largest absolute Gasteiger partial charge is 0.406 e. The Balaban J connectivity index is 2.96. The number of nitriles is 1. The molecule has 0 aliphatic heterocycles. The highest BCUT2D eigenvalue weighted by molar-refractivity contribution is 5.76. The normalized spacial score (nSPS) is 11.0. The summed E-state index contributed by atoms with van der Waals surface area (Å²) in [5.41, 5.74) is 0.951. The fourth-order valence-electron chi connectivity index (χ4n) is 2.44. The molecule has 0 bridgehead atoms. The molecule has 1 aromatic rings. The van der Waals surface area contributed by atoms with E-state index in [1.165, 1.54) is 6.08 Å². The Morgan fingerprint density at radius 2 is 2.04 bits per heavy atom. The summed E-state index contributed by atoms with van der Waals surface area (Å²) in [6.07, 6.45) is -3.29. The van der Waals surface area contributed by atoms with Gasteiger partial charge in [0, 0.05) is 18.7 Å². The maximum absolute atomic E-state index is 12.5. The Morgan fingerprint density at radius 1 is 1.42 bits per heavy atom. The van der Waals surface area contributed by atoms with Crippen molar-refractivity contribution < 1.29 is 18.0 Å². The summed E-state index contributed by atoms with van der Waals surface area (Å²) in [4.78, 5) is 26.9. The van der Waals surface area contributed by atoms with Gasteiger partial charge in [0.05, 0.1) is 0 Å². The van der Waals surface area contributed by atoms with Crippen LogP contribution in [-0.2, 0) is 11.2 Å². The molecule has 1 rings (SSSR count). The van der Waals surface area contributed by atoms with Crippen molar-refractivity contribution in [3.05, 3.63) is 45.4 Å². The number of nitrogens with one attached hydrogen (secondary N) is 1. The van der Waals surface area contributed by atoms with Crippen molar-refractivity contribution in [2.45, 2.75) is 32.9 Å². The minimum atomic E-state index is -4.49. The first-order valence-corrected chi connectivity index (χ1v) is 7.18. The summed E-state index contributed by atoms with van der Waals surface area (Å²) in [5, 5.41) is 9.00. The molecular weight excluding hydrogens is 323 g/mol. The van der Waals surface area contributed by atoms with Crippen molar-refractivity contribution in [2.24, 2.45) is 0 Å². The lowest BCUT2D eigenvalue weighted by Gasteiger charge is -2.23. The molecule has 1 heterocycles. The minimum Gasteiger partial charge on any atom is -0.330 e. The van der Waals surface area contributed by atoms with Crippen LogP contribution in [0.15, 0.2) is 17.4 Å². The van der Waals surface area contributed by atoms with Crippen LogP contribution in [0.3, 0.4) is 0 Å². The Morgan fingerprint density at radius 3 is 2.54 bits per heavy atom. The third-order valence-electron chi connectivity index (χ3n) is 3.58. The maximum Gasteiger partial charge on any atom is 0.406 e. The van der Waals surface area contributed by atoms with Gasteiger partial charge in [0.2, 0.25) is 5.91 Å². The van der Waals surface area contributed by atoms with Gasteiger partial charge in [-0.3, -0.25) is 9.59 Å². The predicted molar refractivity (Wildman–Crippen MR) is 82.4 cm³/mol. The van der Waals surface area contributed by atoms with E-state index < -0.39 is 24.2 Å². The fraction of sp³-hybridized carbons (Fsp3) is 0.438. The number of amides is 1. The summed E-state index contributed by atoms with van der Waals surface area (Å²) in [6, 6.07) is 1.79. The Bertz CT molecular complexity index is 730. The van der Waals surface area contributed by atoms with Gasteiger partial charge in [0.1, 0.15) is 18.2 Å². The number of nitrogens with zero attached hydrogens (tertiary/aromatic N) is 2. The number of alkyl halides is 3. The van der Waals surface area contributed by atoms with E-state index in [2.05, 4.69) is 11.6 Å². The molecule has 8 heteroatoms. The topological polar surface area (TPSA) is 77.0 Å². The van der Waals surface area contributed by atoms with Gasteiger partial charge in [-0.1, -0.05) is 6.08 Å². The van der Waals surface area contributed by atoms with Gasteiger partial charge < -0.3 is 9.88 Å². The van der Waals surface area contributed by atoms with Crippen molar-refractivity contribution in [3.8, 4) is 6.07 Å². The molecule has 0 aromatic carbocycles. The Kier molecular flexibility index (Phi) is 6.35. The summed E-state index contributed by atoms with van der Waals surface area (Å²) in [6.45, 7) is 5.01. The van der Waals surface area contributed by atoms with Crippen molar-refractivity contribution in [1.29, 1.82) is 5.26 Å². The molecule has 0 fully saturated rings. The number of hydrogen-bond acceptors (Lipinski definition) is 3. The van der Waals surface area contributed by atoms with Crippen LogP contribution in [0.4, 0.5) is 13.2 Å². The van der Waals surface area contributed by atoms with Crippen molar-refractivity contribution >= 4 is 5.91 Å². The van der Waals surface area contributed by atoms with E-state index in [4.69, 9.17) is 5.26 Å². The van der Waals surface area contributed by atoms with Crippen LogP contribution >= 0.6 is 0 Å². The van der Waals surface area contributed by atoms with Gasteiger partial charge >= 0.3 is 6.18 Å². The number of carbonyl (C=O) groups excluding carboxylic acids is 1. The third-order valence-corrected chi connectivity index (χ3v) is 3.58. The highest BCUT2D eigenvalue weighted by atomic mass is 19.4. The molecular formula is C16H18F3N3O2. The zero-order chi connectivity index (χ0) is 18.5. The number of hydrogen-bond donors (Lipinski definition) is 1. The van der Waals surface area contributed by atoms with Crippen LogP contribution in [0.1, 0.15) is 28.8 Å². The highest BCUT2D eigenvalue weighted by Gasteiger charge is 2.32. The monoisotopic (exact) mass is 341 g/mol. The SMILES string of the molecule is C=CCN(CC(F)(F)F)C(=O)CCc1c(C)[nH]c(=O)c(C#N)c1C. The number of pyridine rings is 1. The molecule has 0 aliphatic rings. The number of aromatic nitrogens is 1. The van der Waals surface area contributed by atoms with Gasteiger partial charge in [0.25, 0.3) is 5.56 Å². The molecule has 0 atom stereocenters. The average Bonchev–Trinajstić information content (AvgIpc) is 2.45. The van der Waals surface area contributed by atoms with E-state index in [0.717, 1.165) is 0 Å². The number of halogens is 3. The second-order valence-corrected chi connectivity index (χ2v) is 5.35. The molecule has 0 unspecified atom stereocenters. The molecule has 0 saturated heterocycles. The quantitative estimate of drug-likeness (QED) is 0.807. The summed E-state index contributed by atoms with van der Waals surface area (Å²) in [5.74, 6) is -0.671. The second-order valence-electron chi connectivity index (χ2n) is 5.35.